The maximum absolute atomic E-state index is 6.00. The number of rotatable bonds is 4. The number of halogens is 1. The highest BCUT2D eigenvalue weighted by Gasteiger charge is 2.16. The largest absolute Gasteiger partial charge is 0.399 e. The van der Waals surface area contributed by atoms with E-state index >= 15 is 0 Å². The second-order valence-corrected chi connectivity index (χ2v) is 7.67. The summed E-state index contributed by atoms with van der Waals surface area (Å²) in [6.45, 7) is 0. The standard InChI is InChI=1S/C30H23N.ClH/c31-27-18-16-25(17-19-27)30-28(23-12-6-2-7-13-23)20-26(22-10-4-1-5-11-22)21-29(30)24-14-8-3-9-15-24;/h1-21H,31H2;1H. The molecular formula is C30H24ClN. The Morgan fingerprint density at radius 3 is 1.22 bits per heavy atom. The van der Waals surface area contributed by atoms with Crippen molar-refractivity contribution in [1.82, 2.24) is 0 Å². The zero-order chi connectivity index (χ0) is 21.0. The fourth-order valence-corrected chi connectivity index (χ4v) is 4.09. The van der Waals surface area contributed by atoms with Gasteiger partial charge < -0.3 is 5.73 Å². The van der Waals surface area contributed by atoms with Crippen molar-refractivity contribution in [3.63, 3.8) is 0 Å². The van der Waals surface area contributed by atoms with Crippen molar-refractivity contribution >= 4 is 18.1 Å². The van der Waals surface area contributed by atoms with Gasteiger partial charge in [0.1, 0.15) is 0 Å². The predicted molar refractivity (Wildman–Crippen MR) is 140 cm³/mol. The molecule has 0 atom stereocenters. The zero-order valence-corrected chi connectivity index (χ0v) is 18.4. The van der Waals surface area contributed by atoms with Gasteiger partial charge in [-0.1, -0.05) is 103 Å². The molecule has 156 valence electrons. The summed E-state index contributed by atoms with van der Waals surface area (Å²) in [5.74, 6) is 0. The van der Waals surface area contributed by atoms with Gasteiger partial charge in [-0.05, 0) is 68.8 Å². The molecular weight excluding hydrogens is 410 g/mol. The Hall–Kier alpha value is -3.81. The Balaban J connectivity index is 0.00000245. The van der Waals surface area contributed by atoms with Gasteiger partial charge in [-0.25, -0.2) is 0 Å². The van der Waals surface area contributed by atoms with Crippen molar-refractivity contribution in [2.75, 3.05) is 5.73 Å². The molecule has 0 aliphatic rings. The van der Waals surface area contributed by atoms with Crippen LogP contribution in [0.3, 0.4) is 0 Å². The molecule has 5 rings (SSSR count). The molecule has 2 N–H and O–H groups in total. The van der Waals surface area contributed by atoms with Crippen LogP contribution in [-0.4, -0.2) is 0 Å². The summed E-state index contributed by atoms with van der Waals surface area (Å²) in [5, 5.41) is 0. The Kier molecular flexibility index (Phi) is 6.39. The number of anilines is 1. The molecule has 5 aromatic carbocycles. The van der Waals surface area contributed by atoms with E-state index in [9.17, 15) is 0 Å². The lowest BCUT2D eigenvalue weighted by molar-refractivity contribution is 1.54. The molecule has 0 aromatic heterocycles. The van der Waals surface area contributed by atoms with Crippen molar-refractivity contribution in [2.45, 2.75) is 0 Å². The smallest absolute Gasteiger partial charge is 0.0314 e. The van der Waals surface area contributed by atoms with Crippen LogP contribution < -0.4 is 5.73 Å². The van der Waals surface area contributed by atoms with E-state index in [1.165, 1.54) is 38.9 Å². The summed E-state index contributed by atoms with van der Waals surface area (Å²) in [5.41, 5.74) is 16.4. The van der Waals surface area contributed by atoms with Gasteiger partial charge in [-0.15, -0.1) is 12.4 Å². The minimum Gasteiger partial charge on any atom is -0.399 e. The normalized spacial score (nSPS) is 10.4. The molecule has 5 aromatic rings. The highest BCUT2D eigenvalue weighted by molar-refractivity contribution is 5.97. The van der Waals surface area contributed by atoms with Crippen LogP contribution in [0, 0.1) is 0 Å². The first-order valence-electron chi connectivity index (χ1n) is 10.5. The van der Waals surface area contributed by atoms with E-state index in [2.05, 4.69) is 115 Å². The first kappa shape index (κ1) is 21.4. The van der Waals surface area contributed by atoms with Crippen molar-refractivity contribution in [3.8, 4) is 44.5 Å². The fourth-order valence-electron chi connectivity index (χ4n) is 4.09. The predicted octanol–water partition coefficient (Wildman–Crippen LogP) is 8.36. The van der Waals surface area contributed by atoms with E-state index in [0.717, 1.165) is 11.3 Å². The first-order valence-corrected chi connectivity index (χ1v) is 10.5. The first-order chi connectivity index (χ1) is 15.3. The fraction of sp³-hybridized carbons (Fsp3) is 0. The number of benzene rings is 5. The van der Waals surface area contributed by atoms with Gasteiger partial charge in [0.25, 0.3) is 0 Å². The number of nitrogens with two attached hydrogens (primary N) is 1. The molecule has 0 heterocycles. The van der Waals surface area contributed by atoms with E-state index in [4.69, 9.17) is 5.73 Å². The minimum absolute atomic E-state index is 0. The molecule has 0 saturated carbocycles. The van der Waals surface area contributed by atoms with Crippen LogP contribution in [0.1, 0.15) is 0 Å². The van der Waals surface area contributed by atoms with Gasteiger partial charge in [0.2, 0.25) is 0 Å². The molecule has 32 heavy (non-hydrogen) atoms. The summed E-state index contributed by atoms with van der Waals surface area (Å²) >= 11 is 0. The summed E-state index contributed by atoms with van der Waals surface area (Å²) < 4.78 is 0. The lowest BCUT2D eigenvalue weighted by atomic mass is 9.84. The van der Waals surface area contributed by atoms with Crippen molar-refractivity contribution in [2.24, 2.45) is 0 Å². The zero-order valence-electron chi connectivity index (χ0n) is 17.6. The van der Waals surface area contributed by atoms with Crippen LogP contribution in [0.25, 0.3) is 44.5 Å². The second kappa shape index (κ2) is 9.55. The van der Waals surface area contributed by atoms with E-state index in [0.29, 0.717) is 0 Å². The molecule has 2 heteroatoms. The number of hydrogen-bond donors (Lipinski definition) is 1. The van der Waals surface area contributed by atoms with Gasteiger partial charge in [0.15, 0.2) is 0 Å². The van der Waals surface area contributed by atoms with Crippen molar-refractivity contribution in [1.29, 1.82) is 0 Å². The maximum Gasteiger partial charge on any atom is 0.0314 e. The highest BCUT2D eigenvalue weighted by atomic mass is 35.5. The van der Waals surface area contributed by atoms with Crippen LogP contribution in [0.5, 0.6) is 0 Å². The Morgan fingerprint density at radius 1 is 0.375 bits per heavy atom. The van der Waals surface area contributed by atoms with E-state index < -0.39 is 0 Å². The SMILES string of the molecule is Cl.Nc1ccc(-c2c(-c3ccccc3)cc(-c3ccccc3)cc2-c2ccccc2)cc1. The van der Waals surface area contributed by atoms with E-state index in [-0.39, 0.29) is 12.4 Å². The van der Waals surface area contributed by atoms with Crippen molar-refractivity contribution in [3.05, 3.63) is 127 Å². The summed E-state index contributed by atoms with van der Waals surface area (Å²) in [6, 6.07) is 44.6. The van der Waals surface area contributed by atoms with Crippen molar-refractivity contribution < 1.29 is 0 Å². The topological polar surface area (TPSA) is 26.0 Å². The Labute approximate surface area is 195 Å². The third-order valence-corrected chi connectivity index (χ3v) is 5.61. The van der Waals surface area contributed by atoms with Gasteiger partial charge >= 0.3 is 0 Å². The van der Waals surface area contributed by atoms with Crippen LogP contribution in [0.15, 0.2) is 127 Å². The molecule has 0 spiro atoms. The summed E-state index contributed by atoms with van der Waals surface area (Å²) in [4.78, 5) is 0. The number of hydrogen-bond acceptors (Lipinski definition) is 1. The lowest BCUT2D eigenvalue weighted by Gasteiger charge is -2.19. The summed E-state index contributed by atoms with van der Waals surface area (Å²) in [7, 11) is 0. The van der Waals surface area contributed by atoms with E-state index in [1.807, 2.05) is 12.1 Å². The van der Waals surface area contributed by atoms with Gasteiger partial charge in [0.05, 0.1) is 0 Å². The van der Waals surface area contributed by atoms with E-state index in [1.54, 1.807) is 0 Å². The third-order valence-electron chi connectivity index (χ3n) is 5.61. The average molecular weight is 434 g/mol. The minimum atomic E-state index is 0. The Bertz CT molecular complexity index is 1240. The van der Waals surface area contributed by atoms with Crippen LogP contribution in [0.2, 0.25) is 0 Å². The quantitative estimate of drug-likeness (QED) is 0.283. The van der Waals surface area contributed by atoms with Gasteiger partial charge in [0, 0.05) is 5.69 Å². The molecule has 0 amide bonds. The van der Waals surface area contributed by atoms with Gasteiger partial charge in [-0.2, -0.15) is 0 Å². The molecule has 0 aliphatic carbocycles. The molecule has 0 saturated heterocycles. The second-order valence-electron chi connectivity index (χ2n) is 7.67. The molecule has 0 bridgehead atoms. The molecule has 0 radical (unpaired) electrons. The highest BCUT2D eigenvalue weighted by Crippen LogP contribution is 2.43. The van der Waals surface area contributed by atoms with Crippen LogP contribution >= 0.6 is 12.4 Å². The molecule has 0 fully saturated rings. The number of nitrogen functional groups attached to an aromatic ring is 1. The maximum atomic E-state index is 6.00. The molecule has 1 nitrogen and oxygen atoms in total. The lowest BCUT2D eigenvalue weighted by Crippen LogP contribution is -1.93. The molecule has 0 aliphatic heterocycles. The van der Waals surface area contributed by atoms with Gasteiger partial charge in [-0.3, -0.25) is 0 Å². The third kappa shape index (κ3) is 4.30. The summed E-state index contributed by atoms with van der Waals surface area (Å²) in [6.07, 6.45) is 0. The average Bonchev–Trinajstić information content (AvgIpc) is 2.85. The Morgan fingerprint density at radius 2 is 0.781 bits per heavy atom. The van der Waals surface area contributed by atoms with Crippen LogP contribution in [-0.2, 0) is 0 Å². The van der Waals surface area contributed by atoms with Crippen LogP contribution in [0.4, 0.5) is 5.69 Å². The monoisotopic (exact) mass is 433 g/mol. The molecule has 0 unspecified atom stereocenters.